The molecule has 2 heteroatoms. The molecule has 1 atom stereocenters. The van der Waals surface area contributed by atoms with Gasteiger partial charge in [-0.25, -0.2) is 4.39 Å². The van der Waals surface area contributed by atoms with Crippen LogP contribution in [0.25, 0.3) is 0 Å². The number of halogens is 1. The minimum atomic E-state index is -0.177. The Morgan fingerprint density at radius 1 is 1.05 bits per heavy atom. The van der Waals surface area contributed by atoms with E-state index >= 15 is 0 Å². The lowest BCUT2D eigenvalue weighted by atomic mass is 10.0. The lowest BCUT2D eigenvalue weighted by Gasteiger charge is -2.18. The van der Waals surface area contributed by atoms with Gasteiger partial charge in [0.25, 0.3) is 0 Å². The molecule has 0 bridgehead atoms. The van der Waals surface area contributed by atoms with Crippen LogP contribution in [-0.4, -0.2) is 6.54 Å². The zero-order valence-corrected chi connectivity index (χ0v) is 12.2. The minimum Gasteiger partial charge on any atom is -0.310 e. The van der Waals surface area contributed by atoms with Crippen LogP contribution in [0.5, 0.6) is 0 Å². The molecule has 106 valence electrons. The van der Waals surface area contributed by atoms with E-state index < -0.39 is 0 Å². The summed E-state index contributed by atoms with van der Waals surface area (Å²) in [6.07, 6.45) is 2.02. The molecule has 0 amide bonds. The predicted octanol–water partition coefficient (Wildman–Crippen LogP) is 4.42. The van der Waals surface area contributed by atoms with E-state index in [9.17, 15) is 4.39 Å². The fraction of sp³-hybridized carbons (Fsp3) is 0.333. The molecule has 0 aliphatic rings. The van der Waals surface area contributed by atoms with Crippen molar-refractivity contribution in [3.8, 4) is 0 Å². The molecule has 0 aliphatic heterocycles. The van der Waals surface area contributed by atoms with Gasteiger partial charge in [0.1, 0.15) is 5.82 Å². The molecule has 0 spiro atoms. The summed E-state index contributed by atoms with van der Waals surface area (Å²) in [5.41, 5.74) is 3.87. The van der Waals surface area contributed by atoms with Crippen LogP contribution >= 0.6 is 0 Å². The molecule has 0 saturated heterocycles. The molecule has 20 heavy (non-hydrogen) atoms. The van der Waals surface area contributed by atoms with E-state index in [2.05, 4.69) is 43.4 Å². The van der Waals surface area contributed by atoms with E-state index in [4.69, 9.17) is 0 Å². The number of aryl methyl sites for hydroxylation is 1. The summed E-state index contributed by atoms with van der Waals surface area (Å²) in [7, 11) is 0. The Balaban J connectivity index is 1.91. The summed E-state index contributed by atoms with van der Waals surface area (Å²) < 4.78 is 13.0. The fourth-order valence-corrected chi connectivity index (χ4v) is 2.46. The Hall–Kier alpha value is -1.67. The van der Waals surface area contributed by atoms with E-state index in [1.54, 1.807) is 0 Å². The van der Waals surface area contributed by atoms with Gasteiger partial charge in [0.15, 0.2) is 0 Å². The Morgan fingerprint density at radius 3 is 2.40 bits per heavy atom. The van der Waals surface area contributed by atoms with E-state index in [1.165, 1.54) is 23.3 Å². The number of rotatable bonds is 6. The standard InChI is InChI=1S/C18H22FN/c1-3-18(16-8-10-17(19)11-9-16)20-13-12-15-7-5-4-6-14(15)2/h4-11,18,20H,3,12-13H2,1-2H3. The SMILES string of the molecule is CCC(NCCc1ccccc1C)c1ccc(F)cc1. The summed E-state index contributed by atoms with van der Waals surface area (Å²) in [6, 6.07) is 15.6. The quantitative estimate of drug-likeness (QED) is 0.820. The summed E-state index contributed by atoms with van der Waals surface area (Å²) in [5.74, 6) is -0.177. The maximum atomic E-state index is 13.0. The van der Waals surface area contributed by atoms with Crippen molar-refractivity contribution in [3.63, 3.8) is 0 Å². The van der Waals surface area contributed by atoms with E-state index in [0.29, 0.717) is 6.04 Å². The first-order valence-electron chi connectivity index (χ1n) is 7.24. The van der Waals surface area contributed by atoms with Gasteiger partial charge in [0, 0.05) is 6.04 Å². The Morgan fingerprint density at radius 2 is 1.75 bits per heavy atom. The first-order valence-corrected chi connectivity index (χ1v) is 7.24. The van der Waals surface area contributed by atoms with Crippen LogP contribution < -0.4 is 5.32 Å². The van der Waals surface area contributed by atoms with Crippen molar-refractivity contribution in [1.82, 2.24) is 5.32 Å². The lowest BCUT2D eigenvalue weighted by Crippen LogP contribution is -2.23. The summed E-state index contributed by atoms with van der Waals surface area (Å²) in [5, 5.41) is 3.56. The second-order valence-corrected chi connectivity index (χ2v) is 5.14. The molecule has 0 aromatic heterocycles. The number of nitrogens with one attached hydrogen (secondary N) is 1. The van der Waals surface area contributed by atoms with Gasteiger partial charge in [-0.2, -0.15) is 0 Å². The van der Waals surface area contributed by atoms with Crippen molar-refractivity contribution < 1.29 is 4.39 Å². The molecule has 2 rings (SSSR count). The van der Waals surface area contributed by atoms with Gasteiger partial charge in [-0.1, -0.05) is 43.3 Å². The van der Waals surface area contributed by atoms with Crippen molar-refractivity contribution in [2.75, 3.05) is 6.54 Å². The summed E-state index contributed by atoms with van der Waals surface area (Å²) in [4.78, 5) is 0. The van der Waals surface area contributed by atoms with Crippen LogP contribution in [0.15, 0.2) is 48.5 Å². The lowest BCUT2D eigenvalue weighted by molar-refractivity contribution is 0.521. The molecule has 0 heterocycles. The molecule has 1 nitrogen and oxygen atoms in total. The highest BCUT2D eigenvalue weighted by molar-refractivity contribution is 5.26. The molecule has 2 aromatic carbocycles. The zero-order chi connectivity index (χ0) is 14.4. The van der Waals surface area contributed by atoms with Gasteiger partial charge < -0.3 is 5.32 Å². The Bertz CT molecular complexity index is 533. The van der Waals surface area contributed by atoms with Gasteiger partial charge in [-0.3, -0.25) is 0 Å². The molecule has 1 unspecified atom stereocenters. The van der Waals surface area contributed by atoms with Gasteiger partial charge in [-0.05, 0) is 55.1 Å². The Labute approximate surface area is 120 Å². The van der Waals surface area contributed by atoms with Gasteiger partial charge in [0.05, 0.1) is 0 Å². The van der Waals surface area contributed by atoms with Crippen LogP contribution in [0, 0.1) is 12.7 Å². The Kier molecular flexibility index (Phi) is 5.31. The number of benzene rings is 2. The van der Waals surface area contributed by atoms with Crippen LogP contribution in [-0.2, 0) is 6.42 Å². The second-order valence-electron chi connectivity index (χ2n) is 5.14. The average Bonchev–Trinajstić information content (AvgIpc) is 2.47. The smallest absolute Gasteiger partial charge is 0.123 e. The summed E-state index contributed by atoms with van der Waals surface area (Å²) >= 11 is 0. The third-order valence-electron chi connectivity index (χ3n) is 3.73. The molecule has 0 saturated carbocycles. The number of hydrogen-bond donors (Lipinski definition) is 1. The van der Waals surface area contributed by atoms with Crippen LogP contribution in [0.1, 0.15) is 36.1 Å². The largest absolute Gasteiger partial charge is 0.310 e. The van der Waals surface area contributed by atoms with Crippen LogP contribution in [0.4, 0.5) is 4.39 Å². The summed E-state index contributed by atoms with van der Waals surface area (Å²) in [6.45, 7) is 5.22. The van der Waals surface area contributed by atoms with Crippen molar-refractivity contribution in [1.29, 1.82) is 0 Å². The molecule has 0 fully saturated rings. The van der Waals surface area contributed by atoms with Crippen LogP contribution in [0.2, 0.25) is 0 Å². The fourth-order valence-electron chi connectivity index (χ4n) is 2.46. The monoisotopic (exact) mass is 271 g/mol. The van der Waals surface area contributed by atoms with E-state index in [-0.39, 0.29) is 5.82 Å². The predicted molar refractivity (Wildman–Crippen MR) is 82.3 cm³/mol. The molecular weight excluding hydrogens is 249 g/mol. The third-order valence-corrected chi connectivity index (χ3v) is 3.73. The minimum absolute atomic E-state index is 0.177. The zero-order valence-electron chi connectivity index (χ0n) is 12.2. The maximum Gasteiger partial charge on any atom is 0.123 e. The topological polar surface area (TPSA) is 12.0 Å². The average molecular weight is 271 g/mol. The highest BCUT2D eigenvalue weighted by Crippen LogP contribution is 2.17. The first kappa shape index (κ1) is 14.7. The third kappa shape index (κ3) is 3.91. The normalized spacial score (nSPS) is 12.3. The highest BCUT2D eigenvalue weighted by atomic mass is 19.1. The van der Waals surface area contributed by atoms with Gasteiger partial charge in [0.2, 0.25) is 0 Å². The van der Waals surface area contributed by atoms with Gasteiger partial charge in [-0.15, -0.1) is 0 Å². The second kappa shape index (κ2) is 7.20. The van der Waals surface area contributed by atoms with Gasteiger partial charge >= 0.3 is 0 Å². The van der Waals surface area contributed by atoms with E-state index in [1.807, 2.05) is 12.1 Å². The first-order chi connectivity index (χ1) is 9.70. The van der Waals surface area contributed by atoms with Crippen molar-refractivity contribution in [2.24, 2.45) is 0 Å². The van der Waals surface area contributed by atoms with Crippen molar-refractivity contribution in [2.45, 2.75) is 32.7 Å². The molecule has 1 N–H and O–H groups in total. The molecular formula is C18H22FN. The number of hydrogen-bond acceptors (Lipinski definition) is 1. The molecule has 2 aromatic rings. The van der Waals surface area contributed by atoms with E-state index in [0.717, 1.165) is 24.9 Å². The molecule has 0 radical (unpaired) electrons. The highest BCUT2D eigenvalue weighted by Gasteiger charge is 2.08. The maximum absolute atomic E-state index is 13.0. The van der Waals surface area contributed by atoms with Crippen LogP contribution in [0.3, 0.4) is 0 Å². The van der Waals surface area contributed by atoms with Crippen molar-refractivity contribution >= 4 is 0 Å². The molecule has 0 aliphatic carbocycles. The van der Waals surface area contributed by atoms with Crippen molar-refractivity contribution in [3.05, 3.63) is 71.0 Å².